The van der Waals surface area contributed by atoms with Crippen molar-refractivity contribution in [3.8, 4) is 0 Å². The van der Waals surface area contributed by atoms with Gasteiger partial charge < -0.3 is 14.8 Å². The highest BCUT2D eigenvalue weighted by atomic mass is 32.1. The second kappa shape index (κ2) is 7.67. The van der Waals surface area contributed by atoms with Crippen LogP contribution in [0.15, 0.2) is 47.8 Å². The zero-order valence-electron chi connectivity index (χ0n) is 17.1. The van der Waals surface area contributed by atoms with Gasteiger partial charge in [0.15, 0.2) is 0 Å². The Morgan fingerprint density at radius 3 is 2.76 bits per heavy atom. The van der Waals surface area contributed by atoms with Crippen molar-refractivity contribution in [2.45, 2.75) is 45.8 Å². The monoisotopic (exact) mass is 409 g/mol. The second-order valence-electron chi connectivity index (χ2n) is 8.36. The Hall–Kier alpha value is -2.60. The Bertz CT molecular complexity index is 1040. The molecule has 0 aliphatic carbocycles. The third-order valence-corrected chi connectivity index (χ3v) is 6.59. The van der Waals surface area contributed by atoms with Gasteiger partial charge in [0.1, 0.15) is 11.2 Å². The maximum Gasteiger partial charge on any atom is 0.271 e. The molecule has 0 bridgehead atoms. The van der Waals surface area contributed by atoms with Crippen LogP contribution in [-0.2, 0) is 17.9 Å². The summed E-state index contributed by atoms with van der Waals surface area (Å²) in [6.45, 7) is 7.67. The van der Waals surface area contributed by atoms with E-state index in [1.807, 2.05) is 59.3 Å². The van der Waals surface area contributed by atoms with Gasteiger partial charge in [-0.15, -0.1) is 11.3 Å². The summed E-state index contributed by atoms with van der Waals surface area (Å²) in [5.74, 6) is 0.326. The van der Waals surface area contributed by atoms with Gasteiger partial charge in [0, 0.05) is 22.3 Å². The molecule has 6 heteroatoms. The smallest absolute Gasteiger partial charge is 0.271 e. The fourth-order valence-electron chi connectivity index (χ4n) is 3.98. The van der Waals surface area contributed by atoms with E-state index in [0.29, 0.717) is 31.2 Å². The molecule has 29 heavy (non-hydrogen) atoms. The van der Waals surface area contributed by atoms with E-state index in [1.165, 1.54) is 0 Å². The van der Waals surface area contributed by atoms with Crippen LogP contribution in [0.25, 0.3) is 10.9 Å². The lowest BCUT2D eigenvalue weighted by molar-refractivity contribution is -0.133. The van der Waals surface area contributed by atoms with Crippen LogP contribution in [-0.4, -0.2) is 33.4 Å². The number of fused-ring (bicyclic) bond motifs is 3. The first kappa shape index (κ1) is 19.7. The normalized spacial score (nSPS) is 19.0. The Kier molecular flexibility index (Phi) is 5.21. The SMILES string of the molecule is CC(C)CCNC(=O)[C@@]1(C)Cn2c(cc3ccccc32)C(=O)N1Cc1cccs1. The van der Waals surface area contributed by atoms with Crippen LogP contribution < -0.4 is 5.32 Å². The molecule has 1 aliphatic rings. The number of aromatic nitrogens is 1. The van der Waals surface area contributed by atoms with E-state index in [-0.39, 0.29) is 11.8 Å². The van der Waals surface area contributed by atoms with Crippen LogP contribution in [0.2, 0.25) is 0 Å². The van der Waals surface area contributed by atoms with E-state index in [0.717, 1.165) is 22.2 Å². The van der Waals surface area contributed by atoms with Crippen LogP contribution >= 0.6 is 11.3 Å². The molecule has 5 nitrogen and oxygen atoms in total. The lowest BCUT2D eigenvalue weighted by Gasteiger charge is -2.44. The standard InChI is InChI=1S/C23H27N3O2S/c1-16(2)10-11-24-22(28)23(3)15-25-19-9-5-4-7-17(19)13-20(25)21(27)26(23)14-18-8-6-12-29-18/h4-9,12-13,16H,10-11,14-15H2,1-3H3,(H,24,28)/t23-/m1/s1. The van der Waals surface area contributed by atoms with Gasteiger partial charge in [-0.3, -0.25) is 9.59 Å². The molecular formula is C23H27N3O2S. The van der Waals surface area contributed by atoms with Crippen molar-refractivity contribution in [2.75, 3.05) is 6.54 Å². The molecule has 2 aromatic heterocycles. The molecule has 0 unspecified atom stereocenters. The molecule has 2 amide bonds. The Balaban J connectivity index is 1.73. The number of para-hydroxylation sites is 1. The number of thiophene rings is 1. The van der Waals surface area contributed by atoms with Crippen LogP contribution in [0.4, 0.5) is 0 Å². The molecule has 0 saturated heterocycles. The van der Waals surface area contributed by atoms with Crippen LogP contribution in [0.3, 0.4) is 0 Å². The quantitative estimate of drug-likeness (QED) is 0.661. The number of carbonyl (C=O) groups is 2. The molecule has 3 heterocycles. The predicted molar refractivity (Wildman–Crippen MR) is 117 cm³/mol. The van der Waals surface area contributed by atoms with Gasteiger partial charge in [0.05, 0.1) is 13.1 Å². The van der Waals surface area contributed by atoms with E-state index in [2.05, 4.69) is 19.2 Å². The van der Waals surface area contributed by atoms with Crippen LogP contribution in [0.5, 0.6) is 0 Å². The summed E-state index contributed by atoms with van der Waals surface area (Å²) in [4.78, 5) is 29.7. The van der Waals surface area contributed by atoms with Crippen molar-refractivity contribution in [3.63, 3.8) is 0 Å². The summed E-state index contributed by atoms with van der Waals surface area (Å²) < 4.78 is 2.00. The van der Waals surface area contributed by atoms with Crippen molar-refractivity contribution in [1.29, 1.82) is 0 Å². The minimum atomic E-state index is -0.952. The molecule has 0 spiro atoms. The van der Waals surface area contributed by atoms with Crippen LogP contribution in [0.1, 0.15) is 42.6 Å². The van der Waals surface area contributed by atoms with Crippen molar-refractivity contribution >= 4 is 34.1 Å². The molecule has 0 radical (unpaired) electrons. The Labute approximate surface area is 175 Å². The van der Waals surface area contributed by atoms with Crippen molar-refractivity contribution in [2.24, 2.45) is 5.92 Å². The number of rotatable bonds is 6. The molecule has 4 rings (SSSR count). The molecule has 152 valence electrons. The molecule has 1 aromatic carbocycles. The first-order valence-electron chi connectivity index (χ1n) is 10.1. The highest BCUT2D eigenvalue weighted by Crippen LogP contribution is 2.34. The lowest BCUT2D eigenvalue weighted by Crippen LogP contribution is -2.63. The average Bonchev–Trinajstić information content (AvgIpc) is 3.33. The molecule has 3 aromatic rings. The van der Waals surface area contributed by atoms with E-state index < -0.39 is 5.54 Å². The number of hydrogen-bond acceptors (Lipinski definition) is 3. The van der Waals surface area contributed by atoms with E-state index in [4.69, 9.17) is 0 Å². The van der Waals surface area contributed by atoms with E-state index >= 15 is 0 Å². The molecule has 0 saturated carbocycles. The zero-order chi connectivity index (χ0) is 20.6. The van der Waals surface area contributed by atoms with Crippen molar-refractivity contribution < 1.29 is 9.59 Å². The zero-order valence-corrected chi connectivity index (χ0v) is 18.0. The van der Waals surface area contributed by atoms with E-state index in [1.54, 1.807) is 16.2 Å². The Morgan fingerprint density at radius 2 is 2.03 bits per heavy atom. The van der Waals surface area contributed by atoms with Gasteiger partial charge in [-0.2, -0.15) is 0 Å². The largest absolute Gasteiger partial charge is 0.354 e. The molecule has 1 N–H and O–H groups in total. The Morgan fingerprint density at radius 1 is 1.24 bits per heavy atom. The summed E-state index contributed by atoms with van der Waals surface area (Å²) in [7, 11) is 0. The average molecular weight is 410 g/mol. The fraction of sp³-hybridized carbons (Fsp3) is 0.391. The first-order chi connectivity index (χ1) is 13.9. The van der Waals surface area contributed by atoms with Gasteiger partial charge in [-0.1, -0.05) is 38.1 Å². The number of carbonyl (C=O) groups excluding carboxylic acids is 2. The maximum absolute atomic E-state index is 13.5. The summed E-state index contributed by atoms with van der Waals surface area (Å²) in [5.41, 5.74) is 0.690. The van der Waals surface area contributed by atoms with Gasteiger partial charge in [0.25, 0.3) is 5.91 Å². The first-order valence-corrected chi connectivity index (χ1v) is 11.0. The van der Waals surface area contributed by atoms with Crippen molar-refractivity contribution in [1.82, 2.24) is 14.8 Å². The molecule has 1 aliphatic heterocycles. The highest BCUT2D eigenvalue weighted by molar-refractivity contribution is 7.09. The summed E-state index contributed by atoms with van der Waals surface area (Å²) in [6, 6.07) is 13.9. The molecule has 1 atom stereocenters. The van der Waals surface area contributed by atoms with Crippen molar-refractivity contribution in [3.05, 3.63) is 58.4 Å². The third kappa shape index (κ3) is 3.57. The van der Waals surface area contributed by atoms with Crippen LogP contribution in [0, 0.1) is 5.92 Å². The maximum atomic E-state index is 13.5. The predicted octanol–water partition coefficient (Wildman–Crippen LogP) is 4.28. The summed E-state index contributed by atoms with van der Waals surface area (Å²) in [6.07, 6.45) is 0.915. The topological polar surface area (TPSA) is 54.3 Å². The minimum Gasteiger partial charge on any atom is -0.354 e. The van der Waals surface area contributed by atoms with Gasteiger partial charge in [-0.05, 0) is 42.8 Å². The summed E-state index contributed by atoms with van der Waals surface area (Å²) >= 11 is 1.61. The number of benzene rings is 1. The van der Waals surface area contributed by atoms with Gasteiger partial charge in [-0.25, -0.2) is 0 Å². The third-order valence-electron chi connectivity index (χ3n) is 5.73. The van der Waals surface area contributed by atoms with Gasteiger partial charge in [0.2, 0.25) is 5.91 Å². The number of hydrogen-bond donors (Lipinski definition) is 1. The minimum absolute atomic E-state index is 0.0912. The molecule has 0 fully saturated rings. The summed E-state index contributed by atoms with van der Waals surface area (Å²) in [5, 5.41) is 6.11. The highest BCUT2D eigenvalue weighted by Gasteiger charge is 2.47. The number of nitrogens with zero attached hydrogens (tertiary/aromatic N) is 2. The van der Waals surface area contributed by atoms with E-state index in [9.17, 15) is 9.59 Å². The second-order valence-corrected chi connectivity index (χ2v) is 9.39. The number of nitrogens with one attached hydrogen (secondary N) is 1. The molecular weight excluding hydrogens is 382 g/mol. The number of amides is 2. The fourth-order valence-corrected chi connectivity index (χ4v) is 4.67. The lowest BCUT2D eigenvalue weighted by atomic mass is 9.94. The van der Waals surface area contributed by atoms with Gasteiger partial charge >= 0.3 is 0 Å².